The third-order valence-electron chi connectivity index (χ3n) is 3.81. The van der Waals surface area contributed by atoms with Crippen molar-refractivity contribution in [2.75, 3.05) is 46.4 Å². The van der Waals surface area contributed by atoms with Gasteiger partial charge in [0.2, 0.25) is 0 Å². The molecule has 0 radical (unpaired) electrons. The van der Waals surface area contributed by atoms with Crippen molar-refractivity contribution >= 4 is 5.97 Å². The van der Waals surface area contributed by atoms with Crippen LogP contribution in [0.3, 0.4) is 0 Å². The Kier molecular flexibility index (Phi) is 7.34. The molecule has 1 saturated heterocycles. The second kappa shape index (κ2) is 8.51. The van der Waals surface area contributed by atoms with Gasteiger partial charge in [-0.25, -0.2) is 0 Å². The molecule has 0 amide bonds. The van der Waals surface area contributed by atoms with E-state index in [0.29, 0.717) is 6.04 Å². The van der Waals surface area contributed by atoms with Gasteiger partial charge in [0.05, 0.1) is 7.11 Å². The van der Waals surface area contributed by atoms with Crippen LogP contribution in [-0.2, 0) is 9.53 Å². The number of rotatable bonds is 7. The summed E-state index contributed by atoms with van der Waals surface area (Å²) in [5.41, 5.74) is 0. The molecule has 0 aromatic rings. The fourth-order valence-electron chi connectivity index (χ4n) is 2.51. The van der Waals surface area contributed by atoms with Crippen LogP contribution < -0.4 is 5.32 Å². The van der Waals surface area contributed by atoms with Gasteiger partial charge in [0.1, 0.15) is 6.04 Å². The predicted molar refractivity (Wildman–Crippen MR) is 77.2 cm³/mol. The normalized spacial score (nSPS) is 19.6. The molecule has 19 heavy (non-hydrogen) atoms. The number of methoxy groups -OCH3 is 1. The molecule has 1 rings (SSSR count). The minimum atomic E-state index is -0.168. The third kappa shape index (κ3) is 5.47. The Hall–Kier alpha value is -0.650. The summed E-state index contributed by atoms with van der Waals surface area (Å²) in [7, 11) is 1.45. The van der Waals surface area contributed by atoms with E-state index in [-0.39, 0.29) is 12.0 Å². The van der Waals surface area contributed by atoms with Crippen molar-refractivity contribution in [3.05, 3.63) is 0 Å². The van der Waals surface area contributed by atoms with Gasteiger partial charge >= 0.3 is 5.97 Å². The van der Waals surface area contributed by atoms with Crippen molar-refractivity contribution in [3.8, 4) is 0 Å². The number of nitrogens with zero attached hydrogens (tertiary/aromatic N) is 2. The highest BCUT2D eigenvalue weighted by molar-refractivity contribution is 5.75. The average molecular weight is 271 g/mol. The van der Waals surface area contributed by atoms with Crippen LogP contribution in [0, 0.1) is 0 Å². The van der Waals surface area contributed by atoms with Crippen LogP contribution in [-0.4, -0.2) is 74.2 Å². The first-order chi connectivity index (χ1) is 9.08. The Morgan fingerprint density at radius 2 is 1.89 bits per heavy atom. The molecule has 0 spiro atoms. The maximum Gasteiger partial charge on any atom is 0.322 e. The molecule has 1 fully saturated rings. The molecule has 0 aromatic heterocycles. The summed E-state index contributed by atoms with van der Waals surface area (Å²) < 4.78 is 4.83. The molecule has 1 heterocycles. The first kappa shape index (κ1) is 16.4. The van der Waals surface area contributed by atoms with E-state index in [1.807, 2.05) is 6.92 Å². The number of carbonyl (C=O) groups excluding carboxylic acids is 1. The first-order valence-corrected chi connectivity index (χ1v) is 7.36. The quantitative estimate of drug-likeness (QED) is 0.685. The number of hydrogen-bond donors (Lipinski definition) is 1. The van der Waals surface area contributed by atoms with Gasteiger partial charge in [-0.2, -0.15) is 0 Å². The minimum absolute atomic E-state index is 0.150. The Morgan fingerprint density at radius 3 is 2.37 bits per heavy atom. The Labute approximate surface area is 117 Å². The molecular formula is C14H29N3O2. The lowest BCUT2D eigenvalue weighted by Crippen LogP contribution is -2.50. The van der Waals surface area contributed by atoms with Crippen molar-refractivity contribution in [2.45, 2.75) is 39.3 Å². The maximum atomic E-state index is 11.6. The summed E-state index contributed by atoms with van der Waals surface area (Å²) in [5.74, 6) is -0.150. The van der Waals surface area contributed by atoms with E-state index in [2.05, 4.69) is 29.0 Å². The van der Waals surface area contributed by atoms with Crippen LogP contribution in [0.4, 0.5) is 0 Å². The van der Waals surface area contributed by atoms with Crippen molar-refractivity contribution < 1.29 is 9.53 Å². The summed E-state index contributed by atoms with van der Waals surface area (Å²) in [6.07, 6.45) is 0.822. The number of ether oxygens (including phenoxy) is 1. The van der Waals surface area contributed by atoms with E-state index in [1.165, 1.54) is 7.11 Å². The SMILES string of the molecule is CCNC(CCN1CCN(C(C)C)CC1)C(=O)OC. The number of carbonyl (C=O) groups is 1. The molecule has 0 aromatic carbocycles. The van der Waals surface area contributed by atoms with Crippen LogP contribution in [0.25, 0.3) is 0 Å². The molecule has 112 valence electrons. The van der Waals surface area contributed by atoms with Crippen molar-refractivity contribution in [2.24, 2.45) is 0 Å². The van der Waals surface area contributed by atoms with Crippen LogP contribution in [0.15, 0.2) is 0 Å². The van der Waals surface area contributed by atoms with Crippen LogP contribution in [0.2, 0.25) is 0 Å². The Balaban J connectivity index is 2.30. The third-order valence-corrected chi connectivity index (χ3v) is 3.81. The van der Waals surface area contributed by atoms with Gasteiger partial charge in [0.15, 0.2) is 0 Å². The second-order valence-electron chi connectivity index (χ2n) is 5.39. The fourth-order valence-corrected chi connectivity index (χ4v) is 2.51. The second-order valence-corrected chi connectivity index (χ2v) is 5.39. The Bertz CT molecular complexity index is 263. The van der Waals surface area contributed by atoms with E-state index in [1.54, 1.807) is 0 Å². The number of hydrogen-bond acceptors (Lipinski definition) is 5. The molecular weight excluding hydrogens is 242 g/mol. The zero-order valence-electron chi connectivity index (χ0n) is 12.8. The molecule has 1 N–H and O–H groups in total. The van der Waals surface area contributed by atoms with Crippen LogP contribution >= 0.6 is 0 Å². The summed E-state index contributed by atoms with van der Waals surface area (Å²) in [6.45, 7) is 12.7. The molecule has 1 atom stereocenters. The smallest absolute Gasteiger partial charge is 0.322 e. The molecule has 5 nitrogen and oxygen atoms in total. The molecule has 1 unspecified atom stereocenters. The van der Waals surface area contributed by atoms with E-state index in [9.17, 15) is 4.79 Å². The molecule has 5 heteroatoms. The average Bonchev–Trinajstić information content (AvgIpc) is 2.43. The van der Waals surface area contributed by atoms with Gasteiger partial charge < -0.3 is 15.0 Å². The highest BCUT2D eigenvalue weighted by Crippen LogP contribution is 2.07. The van der Waals surface area contributed by atoms with Crippen LogP contribution in [0.1, 0.15) is 27.2 Å². The first-order valence-electron chi connectivity index (χ1n) is 7.36. The zero-order chi connectivity index (χ0) is 14.3. The number of likely N-dealkylation sites (N-methyl/N-ethyl adjacent to an activating group) is 1. The van der Waals surface area contributed by atoms with Gasteiger partial charge in [-0.1, -0.05) is 6.92 Å². The molecule has 0 aliphatic carbocycles. The summed E-state index contributed by atoms with van der Waals surface area (Å²) in [5, 5.41) is 3.19. The molecule has 0 saturated carbocycles. The highest BCUT2D eigenvalue weighted by atomic mass is 16.5. The van der Waals surface area contributed by atoms with Gasteiger partial charge in [0, 0.05) is 38.8 Å². The fraction of sp³-hybridized carbons (Fsp3) is 0.929. The lowest BCUT2D eigenvalue weighted by Gasteiger charge is -2.37. The monoisotopic (exact) mass is 271 g/mol. The van der Waals surface area contributed by atoms with Gasteiger partial charge in [0.25, 0.3) is 0 Å². The Morgan fingerprint density at radius 1 is 1.26 bits per heavy atom. The topological polar surface area (TPSA) is 44.8 Å². The van der Waals surface area contributed by atoms with Crippen LogP contribution in [0.5, 0.6) is 0 Å². The summed E-state index contributed by atoms with van der Waals surface area (Å²) >= 11 is 0. The van der Waals surface area contributed by atoms with E-state index in [4.69, 9.17) is 4.74 Å². The number of piperazine rings is 1. The summed E-state index contributed by atoms with van der Waals surface area (Å²) in [4.78, 5) is 16.5. The minimum Gasteiger partial charge on any atom is -0.468 e. The largest absolute Gasteiger partial charge is 0.468 e. The molecule has 1 aliphatic rings. The molecule has 1 aliphatic heterocycles. The standard InChI is InChI=1S/C14H29N3O2/c1-5-15-13(14(18)19-4)6-7-16-8-10-17(11-9-16)12(2)3/h12-13,15H,5-11H2,1-4H3. The molecule has 0 bridgehead atoms. The van der Waals surface area contributed by atoms with Crippen molar-refractivity contribution in [1.82, 2.24) is 15.1 Å². The lowest BCUT2D eigenvalue weighted by atomic mass is 10.1. The van der Waals surface area contributed by atoms with E-state index >= 15 is 0 Å². The van der Waals surface area contributed by atoms with Gasteiger partial charge in [-0.15, -0.1) is 0 Å². The van der Waals surface area contributed by atoms with Gasteiger partial charge in [-0.3, -0.25) is 9.69 Å². The number of nitrogens with one attached hydrogen (secondary N) is 1. The maximum absolute atomic E-state index is 11.6. The van der Waals surface area contributed by atoms with Gasteiger partial charge in [-0.05, 0) is 26.8 Å². The lowest BCUT2D eigenvalue weighted by molar-refractivity contribution is -0.143. The highest BCUT2D eigenvalue weighted by Gasteiger charge is 2.22. The van der Waals surface area contributed by atoms with E-state index < -0.39 is 0 Å². The summed E-state index contributed by atoms with van der Waals surface area (Å²) in [6, 6.07) is 0.463. The van der Waals surface area contributed by atoms with Crippen molar-refractivity contribution in [1.29, 1.82) is 0 Å². The predicted octanol–water partition coefficient (Wildman–Crippen LogP) is 0.554. The number of esters is 1. The zero-order valence-corrected chi connectivity index (χ0v) is 12.8. The van der Waals surface area contributed by atoms with E-state index in [0.717, 1.165) is 45.7 Å². The van der Waals surface area contributed by atoms with Crippen molar-refractivity contribution in [3.63, 3.8) is 0 Å².